The van der Waals surface area contributed by atoms with Gasteiger partial charge >= 0.3 is 0 Å². The minimum absolute atomic E-state index is 0. The summed E-state index contributed by atoms with van der Waals surface area (Å²) < 4.78 is 25.2. The fourth-order valence-electron chi connectivity index (χ4n) is 4.12. The smallest absolute Gasteiger partial charge is 0.191 e. The summed E-state index contributed by atoms with van der Waals surface area (Å²) in [5.41, 5.74) is 0.720. The summed E-state index contributed by atoms with van der Waals surface area (Å²) in [6.07, 6.45) is 4.53. The Kier molecular flexibility index (Phi) is 14.0. The van der Waals surface area contributed by atoms with Gasteiger partial charge in [-0.1, -0.05) is 12.1 Å². The van der Waals surface area contributed by atoms with Gasteiger partial charge in [-0.15, -0.1) is 24.0 Å². The average Bonchev–Trinajstić information content (AvgIpc) is 3.33. The number of ether oxygens (including phenoxy) is 2. The lowest BCUT2D eigenvalue weighted by Crippen LogP contribution is -2.47. The number of para-hydroxylation sites is 1. The predicted molar refractivity (Wildman–Crippen MR) is 143 cm³/mol. The molecule has 0 saturated carbocycles. The van der Waals surface area contributed by atoms with E-state index >= 15 is 0 Å². The number of hydrogen-bond donors (Lipinski definition) is 2. The Morgan fingerprint density at radius 1 is 1.18 bits per heavy atom. The lowest BCUT2D eigenvalue weighted by Gasteiger charge is -2.36. The Bertz CT molecular complexity index is 683. The SMILES string of the molecule is CCNC(=NCCCOCC1CCCO1)NCCCN1CCN(c2ccccc2F)CC1.I. The molecule has 0 bridgehead atoms. The van der Waals surface area contributed by atoms with Gasteiger partial charge in [-0.25, -0.2) is 4.39 Å². The van der Waals surface area contributed by atoms with Crippen LogP contribution in [0.3, 0.4) is 0 Å². The molecule has 2 heterocycles. The van der Waals surface area contributed by atoms with Crippen LogP contribution in [0.4, 0.5) is 10.1 Å². The Morgan fingerprint density at radius 3 is 2.73 bits per heavy atom. The van der Waals surface area contributed by atoms with Crippen molar-refractivity contribution in [1.82, 2.24) is 15.5 Å². The molecule has 33 heavy (non-hydrogen) atoms. The number of piperazine rings is 1. The fourth-order valence-corrected chi connectivity index (χ4v) is 4.12. The third-order valence-corrected chi connectivity index (χ3v) is 5.90. The Morgan fingerprint density at radius 2 is 2.00 bits per heavy atom. The maximum Gasteiger partial charge on any atom is 0.191 e. The molecular weight excluding hydrogens is 536 g/mol. The largest absolute Gasteiger partial charge is 0.379 e. The molecule has 188 valence electrons. The molecule has 0 spiro atoms. The van der Waals surface area contributed by atoms with Crippen LogP contribution in [-0.2, 0) is 9.47 Å². The maximum atomic E-state index is 14.0. The topological polar surface area (TPSA) is 61.4 Å². The summed E-state index contributed by atoms with van der Waals surface area (Å²) in [7, 11) is 0. The summed E-state index contributed by atoms with van der Waals surface area (Å²) in [6.45, 7) is 11.6. The van der Waals surface area contributed by atoms with Gasteiger partial charge < -0.3 is 25.0 Å². The molecule has 2 aliphatic heterocycles. The fraction of sp³-hybridized carbons (Fsp3) is 0.708. The van der Waals surface area contributed by atoms with Crippen LogP contribution >= 0.6 is 24.0 Å². The number of nitrogens with zero attached hydrogens (tertiary/aromatic N) is 3. The first kappa shape index (κ1) is 28.1. The molecule has 0 amide bonds. The van der Waals surface area contributed by atoms with Crippen LogP contribution in [0.25, 0.3) is 0 Å². The molecule has 0 aromatic heterocycles. The molecule has 2 N–H and O–H groups in total. The van der Waals surface area contributed by atoms with Crippen LogP contribution < -0.4 is 15.5 Å². The molecule has 7 nitrogen and oxygen atoms in total. The first-order chi connectivity index (χ1) is 15.8. The second-order valence-electron chi connectivity index (χ2n) is 8.38. The number of anilines is 1. The van der Waals surface area contributed by atoms with Crippen molar-refractivity contribution < 1.29 is 13.9 Å². The molecular formula is C24H41FIN5O2. The van der Waals surface area contributed by atoms with Gasteiger partial charge in [0.2, 0.25) is 0 Å². The third-order valence-electron chi connectivity index (χ3n) is 5.90. The zero-order valence-corrected chi connectivity index (χ0v) is 22.3. The standard InChI is InChI=1S/C24H40FN5O2.HI/c1-2-26-24(28-12-7-18-31-20-21-8-5-19-32-21)27-11-6-13-29-14-16-30(17-15-29)23-10-4-3-9-22(23)25;/h3-4,9-10,21H,2,5-8,11-20H2,1H3,(H2,26,27,28);1H. The van der Waals surface area contributed by atoms with Gasteiger partial charge in [0.1, 0.15) is 5.82 Å². The summed E-state index contributed by atoms with van der Waals surface area (Å²) in [4.78, 5) is 9.24. The highest BCUT2D eigenvalue weighted by atomic mass is 127. The van der Waals surface area contributed by atoms with Gasteiger partial charge in [0.25, 0.3) is 0 Å². The van der Waals surface area contributed by atoms with E-state index in [-0.39, 0.29) is 29.8 Å². The van der Waals surface area contributed by atoms with Gasteiger partial charge in [0.05, 0.1) is 18.4 Å². The quantitative estimate of drug-likeness (QED) is 0.173. The summed E-state index contributed by atoms with van der Waals surface area (Å²) in [6, 6.07) is 7.05. The summed E-state index contributed by atoms with van der Waals surface area (Å²) >= 11 is 0. The van der Waals surface area contributed by atoms with Crippen LogP contribution in [0.1, 0.15) is 32.6 Å². The van der Waals surface area contributed by atoms with Gasteiger partial charge in [-0.2, -0.15) is 0 Å². The molecule has 9 heteroatoms. The number of benzene rings is 1. The molecule has 1 atom stereocenters. The second kappa shape index (κ2) is 16.5. The van der Waals surface area contributed by atoms with E-state index in [2.05, 4.69) is 32.3 Å². The van der Waals surface area contributed by atoms with E-state index in [1.807, 2.05) is 12.1 Å². The van der Waals surface area contributed by atoms with Crippen molar-refractivity contribution in [3.63, 3.8) is 0 Å². The Labute approximate surface area is 215 Å². The van der Waals surface area contributed by atoms with Crippen LogP contribution in [0.2, 0.25) is 0 Å². The number of rotatable bonds is 12. The molecule has 1 unspecified atom stereocenters. The number of guanidine groups is 1. The minimum Gasteiger partial charge on any atom is -0.379 e. The van der Waals surface area contributed by atoms with E-state index in [4.69, 9.17) is 9.47 Å². The van der Waals surface area contributed by atoms with Crippen LogP contribution in [0.15, 0.2) is 29.3 Å². The molecule has 2 aliphatic rings. The molecule has 3 rings (SSSR count). The van der Waals surface area contributed by atoms with E-state index in [1.54, 1.807) is 6.07 Å². The van der Waals surface area contributed by atoms with Crippen molar-refractivity contribution in [2.24, 2.45) is 4.99 Å². The highest BCUT2D eigenvalue weighted by Crippen LogP contribution is 2.20. The Hall–Kier alpha value is -1.17. The summed E-state index contributed by atoms with van der Waals surface area (Å²) in [5.74, 6) is 0.741. The zero-order chi connectivity index (χ0) is 22.4. The van der Waals surface area contributed by atoms with Gasteiger partial charge in [-0.05, 0) is 51.3 Å². The van der Waals surface area contributed by atoms with Crippen molar-refractivity contribution in [3.8, 4) is 0 Å². The molecule has 2 saturated heterocycles. The third kappa shape index (κ3) is 10.3. The van der Waals surface area contributed by atoms with E-state index < -0.39 is 0 Å². The van der Waals surface area contributed by atoms with E-state index in [0.29, 0.717) is 12.7 Å². The van der Waals surface area contributed by atoms with E-state index in [0.717, 1.165) is 103 Å². The zero-order valence-electron chi connectivity index (χ0n) is 19.9. The highest BCUT2D eigenvalue weighted by Gasteiger charge is 2.19. The van der Waals surface area contributed by atoms with Crippen molar-refractivity contribution in [2.45, 2.75) is 38.7 Å². The van der Waals surface area contributed by atoms with Crippen molar-refractivity contribution in [1.29, 1.82) is 0 Å². The molecule has 0 aliphatic carbocycles. The van der Waals surface area contributed by atoms with E-state index in [9.17, 15) is 4.39 Å². The van der Waals surface area contributed by atoms with Crippen molar-refractivity contribution in [3.05, 3.63) is 30.1 Å². The van der Waals surface area contributed by atoms with Gasteiger partial charge in [0.15, 0.2) is 5.96 Å². The number of hydrogen-bond acceptors (Lipinski definition) is 5. The Balaban J connectivity index is 0.00000385. The number of aliphatic imine (C=N–C) groups is 1. The number of halogens is 2. The average molecular weight is 578 g/mol. The minimum atomic E-state index is -0.130. The molecule has 2 fully saturated rings. The van der Waals surface area contributed by atoms with Crippen LogP contribution in [0.5, 0.6) is 0 Å². The van der Waals surface area contributed by atoms with E-state index in [1.165, 1.54) is 6.07 Å². The lowest BCUT2D eigenvalue weighted by molar-refractivity contribution is 0.0171. The number of nitrogens with one attached hydrogen (secondary N) is 2. The van der Waals surface area contributed by atoms with Crippen LogP contribution in [0, 0.1) is 5.82 Å². The molecule has 0 radical (unpaired) electrons. The van der Waals surface area contributed by atoms with Crippen molar-refractivity contribution >= 4 is 35.6 Å². The lowest BCUT2D eigenvalue weighted by atomic mass is 10.2. The molecule has 1 aromatic carbocycles. The van der Waals surface area contributed by atoms with Crippen molar-refractivity contribution in [2.75, 3.05) is 77.1 Å². The van der Waals surface area contributed by atoms with Gasteiger partial charge in [-0.3, -0.25) is 9.89 Å². The maximum absolute atomic E-state index is 14.0. The molecule has 1 aromatic rings. The first-order valence-electron chi connectivity index (χ1n) is 12.2. The summed E-state index contributed by atoms with van der Waals surface area (Å²) in [5, 5.41) is 6.74. The normalized spacial score (nSPS) is 19.4. The van der Waals surface area contributed by atoms with Gasteiger partial charge in [0, 0.05) is 59.0 Å². The first-order valence-corrected chi connectivity index (χ1v) is 12.2. The monoisotopic (exact) mass is 577 g/mol. The predicted octanol–water partition coefficient (Wildman–Crippen LogP) is 3.10. The highest BCUT2D eigenvalue weighted by molar-refractivity contribution is 14.0. The van der Waals surface area contributed by atoms with Crippen LogP contribution in [-0.4, -0.2) is 89.1 Å². The second-order valence-corrected chi connectivity index (χ2v) is 8.38.